The third-order valence-corrected chi connectivity index (χ3v) is 2.53. The number of methoxy groups -OCH3 is 1. The number of hydrogen-bond donors (Lipinski definition) is 1. The van der Waals surface area contributed by atoms with Crippen LogP contribution < -0.4 is 5.32 Å². The van der Waals surface area contributed by atoms with Crippen LogP contribution in [0.3, 0.4) is 0 Å². The number of carbonyl (C=O) groups is 1. The molecule has 1 aromatic carbocycles. The van der Waals surface area contributed by atoms with E-state index in [-0.39, 0.29) is 17.8 Å². The molecule has 0 aliphatic rings. The van der Waals surface area contributed by atoms with Crippen LogP contribution in [0.25, 0.3) is 0 Å². The summed E-state index contributed by atoms with van der Waals surface area (Å²) in [6.45, 7) is 0.0514. The van der Waals surface area contributed by atoms with Crippen LogP contribution in [0.5, 0.6) is 0 Å². The van der Waals surface area contributed by atoms with Gasteiger partial charge in [-0.25, -0.2) is 13.6 Å². The van der Waals surface area contributed by atoms with Crippen molar-refractivity contribution in [1.82, 2.24) is 10.2 Å². The number of nitrogens with zero attached hydrogens (tertiary/aromatic N) is 2. The number of carbonyl (C=O) groups excluding carboxylic acids is 1. The second kappa shape index (κ2) is 6.05. The van der Waals surface area contributed by atoms with E-state index in [1.165, 1.54) is 19.2 Å². The molecule has 0 aliphatic heterocycles. The zero-order chi connectivity index (χ0) is 14.5. The van der Waals surface area contributed by atoms with Crippen LogP contribution in [0.4, 0.5) is 14.6 Å². The minimum Gasteiger partial charge on any atom is -0.464 e. The standard InChI is InChI=1S/C13H11F2N3O2/c1-20-13(19)11-4-5-12(18-17-11)16-7-8-6-9(14)2-3-10(8)15/h2-6H,7H2,1H3,(H,16,18). The molecule has 0 saturated heterocycles. The van der Waals surface area contributed by atoms with E-state index in [4.69, 9.17) is 0 Å². The number of anilines is 1. The van der Waals surface area contributed by atoms with Crippen molar-refractivity contribution in [3.8, 4) is 0 Å². The highest BCUT2D eigenvalue weighted by molar-refractivity contribution is 5.86. The molecular weight excluding hydrogens is 268 g/mol. The second-order valence-corrected chi connectivity index (χ2v) is 3.88. The van der Waals surface area contributed by atoms with Crippen molar-refractivity contribution in [1.29, 1.82) is 0 Å². The number of esters is 1. The van der Waals surface area contributed by atoms with Crippen LogP contribution in [0.1, 0.15) is 16.1 Å². The Balaban J connectivity index is 2.04. The topological polar surface area (TPSA) is 64.1 Å². The van der Waals surface area contributed by atoms with E-state index < -0.39 is 17.6 Å². The molecule has 2 aromatic rings. The fourth-order valence-corrected chi connectivity index (χ4v) is 1.50. The number of aromatic nitrogens is 2. The molecule has 0 amide bonds. The summed E-state index contributed by atoms with van der Waals surface area (Å²) in [7, 11) is 1.24. The maximum absolute atomic E-state index is 13.4. The fourth-order valence-electron chi connectivity index (χ4n) is 1.50. The number of rotatable bonds is 4. The molecule has 1 heterocycles. The molecule has 2 rings (SSSR count). The van der Waals surface area contributed by atoms with Crippen LogP contribution >= 0.6 is 0 Å². The van der Waals surface area contributed by atoms with Gasteiger partial charge in [0.15, 0.2) is 5.69 Å². The molecule has 20 heavy (non-hydrogen) atoms. The lowest BCUT2D eigenvalue weighted by Crippen LogP contribution is -2.08. The van der Waals surface area contributed by atoms with Crippen molar-refractivity contribution in [2.24, 2.45) is 0 Å². The first-order chi connectivity index (χ1) is 9.60. The molecule has 0 atom stereocenters. The molecule has 104 valence electrons. The summed E-state index contributed by atoms with van der Waals surface area (Å²) < 4.78 is 30.8. The Bertz CT molecular complexity index is 618. The Morgan fingerprint density at radius 3 is 2.70 bits per heavy atom. The minimum atomic E-state index is -0.597. The molecular formula is C13H11F2N3O2. The van der Waals surface area contributed by atoms with Gasteiger partial charge >= 0.3 is 5.97 Å². The van der Waals surface area contributed by atoms with Gasteiger partial charge in [-0.3, -0.25) is 0 Å². The lowest BCUT2D eigenvalue weighted by atomic mass is 10.2. The first-order valence-corrected chi connectivity index (χ1v) is 5.70. The first-order valence-electron chi connectivity index (χ1n) is 5.70. The molecule has 0 fully saturated rings. The Kier molecular flexibility index (Phi) is 4.19. The van der Waals surface area contributed by atoms with Crippen molar-refractivity contribution in [3.63, 3.8) is 0 Å². The van der Waals surface area contributed by atoms with E-state index in [1.54, 1.807) is 0 Å². The second-order valence-electron chi connectivity index (χ2n) is 3.88. The summed E-state index contributed by atoms with van der Waals surface area (Å²) in [6.07, 6.45) is 0. The van der Waals surface area contributed by atoms with Gasteiger partial charge in [-0.15, -0.1) is 10.2 Å². The molecule has 0 saturated carbocycles. The Morgan fingerprint density at radius 1 is 1.25 bits per heavy atom. The number of nitrogens with one attached hydrogen (secondary N) is 1. The number of hydrogen-bond acceptors (Lipinski definition) is 5. The molecule has 0 radical (unpaired) electrons. The molecule has 0 aliphatic carbocycles. The Labute approximate surface area is 113 Å². The van der Waals surface area contributed by atoms with Crippen LogP contribution in [-0.4, -0.2) is 23.3 Å². The van der Waals surface area contributed by atoms with E-state index in [0.29, 0.717) is 5.82 Å². The van der Waals surface area contributed by atoms with Crippen molar-refractivity contribution in [3.05, 3.63) is 53.2 Å². The highest BCUT2D eigenvalue weighted by Crippen LogP contribution is 2.12. The summed E-state index contributed by atoms with van der Waals surface area (Å²) in [4.78, 5) is 11.1. The van der Waals surface area contributed by atoms with Crippen LogP contribution in [-0.2, 0) is 11.3 Å². The lowest BCUT2D eigenvalue weighted by Gasteiger charge is -2.06. The molecule has 0 bridgehead atoms. The summed E-state index contributed by atoms with van der Waals surface area (Å²) >= 11 is 0. The van der Waals surface area contributed by atoms with Gasteiger partial charge in [-0.1, -0.05) is 0 Å². The van der Waals surface area contributed by atoms with Crippen molar-refractivity contribution >= 4 is 11.8 Å². The van der Waals surface area contributed by atoms with Gasteiger partial charge in [0.2, 0.25) is 0 Å². The van der Waals surface area contributed by atoms with Gasteiger partial charge in [0, 0.05) is 12.1 Å². The summed E-state index contributed by atoms with van der Waals surface area (Å²) in [5, 5.41) is 10.2. The SMILES string of the molecule is COC(=O)c1ccc(NCc2cc(F)ccc2F)nn1. The van der Waals surface area contributed by atoms with Gasteiger partial charge in [0.25, 0.3) is 0 Å². The van der Waals surface area contributed by atoms with Crippen molar-refractivity contribution in [2.75, 3.05) is 12.4 Å². The highest BCUT2D eigenvalue weighted by atomic mass is 19.1. The molecule has 7 heteroatoms. The Hall–Kier alpha value is -2.57. The number of benzene rings is 1. The van der Waals surface area contributed by atoms with E-state index in [2.05, 4.69) is 20.3 Å². The Morgan fingerprint density at radius 2 is 2.05 bits per heavy atom. The molecule has 1 N–H and O–H groups in total. The van der Waals surface area contributed by atoms with Gasteiger partial charge in [-0.05, 0) is 30.3 Å². The minimum absolute atomic E-state index is 0.0514. The summed E-state index contributed by atoms with van der Waals surface area (Å²) in [5.41, 5.74) is 0.235. The van der Waals surface area contributed by atoms with Crippen LogP contribution in [0.15, 0.2) is 30.3 Å². The van der Waals surface area contributed by atoms with Gasteiger partial charge in [-0.2, -0.15) is 0 Å². The van der Waals surface area contributed by atoms with Crippen LogP contribution in [0.2, 0.25) is 0 Å². The largest absolute Gasteiger partial charge is 0.464 e. The third kappa shape index (κ3) is 3.25. The fraction of sp³-hybridized carbons (Fsp3) is 0.154. The van der Waals surface area contributed by atoms with E-state index in [1.807, 2.05) is 0 Å². The number of ether oxygens (including phenoxy) is 1. The zero-order valence-corrected chi connectivity index (χ0v) is 10.6. The van der Waals surface area contributed by atoms with E-state index >= 15 is 0 Å². The van der Waals surface area contributed by atoms with Crippen molar-refractivity contribution in [2.45, 2.75) is 6.54 Å². The molecule has 5 nitrogen and oxygen atoms in total. The van der Waals surface area contributed by atoms with E-state index in [9.17, 15) is 13.6 Å². The third-order valence-electron chi connectivity index (χ3n) is 2.53. The predicted molar refractivity (Wildman–Crippen MR) is 67.1 cm³/mol. The predicted octanol–water partition coefficient (Wildman–Crippen LogP) is 2.15. The van der Waals surface area contributed by atoms with E-state index in [0.717, 1.165) is 18.2 Å². The summed E-state index contributed by atoms with van der Waals surface area (Å²) in [5.74, 6) is -1.30. The van der Waals surface area contributed by atoms with Crippen molar-refractivity contribution < 1.29 is 18.3 Å². The smallest absolute Gasteiger partial charge is 0.358 e. The van der Waals surface area contributed by atoms with Gasteiger partial charge in [0.05, 0.1) is 7.11 Å². The molecule has 1 aromatic heterocycles. The quantitative estimate of drug-likeness (QED) is 0.869. The normalized spacial score (nSPS) is 10.2. The highest BCUT2D eigenvalue weighted by Gasteiger charge is 2.08. The summed E-state index contributed by atoms with van der Waals surface area (Å²) in [6, 6.07) is 6.11. The first kappa shape index (κ1) is 13.9. The van der Waals surface area contributed by atoms with Crippen LogP contribution in [0, 0.1) is 11.6 Å². The average Bonchev–Trinajstić information content (AvgIpc) is 2.48. The van der Waals surface area contributed by atoms with Gasteiger partial charge in [0.1, 0.15) is 17.5 Å². The maximum Gasteiger partial charge on any atom is 0.358 e. The average molecular weight is 279 g/mol. The van der Waals surface area contributed by atoms with Gasteiger partial charge < -0.3 is 10.1 Å². The molecule has 0 spiro atoms. The lowest BCUT2D eigenvalue weighted by molar-refractivity contribution is 0.0593. The molecule has 0 unspecified atom stereocenters. The number of halogens is 2. The monoisotopic (exact) mass is 279 g/mol. The maximum atomic E-state index is 13.4. The zero-order valence-electron chi connectivity index (χ0n) is 10.6.